The van der Waals surface area contributed by atoms with Crippen LogP contribution in [-0.4, -0.2) is 61.1 Å². The fourth-order valence-corrected chi connectivity index (χ4v) is 3.39. The molecular formula is C18H27N3O2. The molecule has 0 aromatic heterocycles. The summed E-state index contributed by atoms with van der Waals surface area (Å²) in [5, 5.41) is 2.91. The maximum Gasteiger partial charge on any atom is 0.237 e. The molecule has 0 radical (unpaired) electrons. The fraction of sp³-hybridized carbons (Fsp3) is 0.611. The Labute approximate surface area is 138 Å². The van der Waals surface area contributed by atoms with Crippen molar-refractivity contribution in [3.63, 3.8) is 0 Å². The fourth-order valence-electron chi connectivity index (χ4n) is 3.39. The molecule has 2 aliphatic heterocycles. The number of hydrogen-bond donors (Lipinski definition) is 1. The Bertz CT molecular complexity index is 553. The molecule has 3 rings (SSSR count). The number of piperazine rings is 1. The van der Waals surface area contributed by atoms with Crippen LogP contribution in [0, 0.1) is 0 Å². The zero-order chi connectivity index (χ0) is 16.2. The molecule has 0 saturated carbocycles. The monoisotopic (exact) mass is 317 g/mol. The molecule has 1 amide bonds. The third-order valence-corrected chi connectivity index (χ3v) is 4.85. The molecule has 1 N–H and O–H groups in total. The number of carbonyl (C=O) groups is 1. The first-order valence-corrected chi connectivity index (χ1v) is 8.66. The van der Waals surface area contributed by atoms with Crippen LogP contribution in [0.5, 0.6) is 5.75 Å². The van der Waals surface area contributed by atoms with Crippen LogP contribution in [0.15, 0.2) is 18.2 Å². The topological polar surface area (TPSA) is 44.8 Å². The van der Waals surface area contributed by atoms with Crippen molar-refractivity contribution in [2.75, 3.05) is 39.3 Å². The van der Waals surface area contributed by atoms with E-state index in [1.165, 1.54) is 11.1 Å². The Morgan fingerprint density at radius 3 is 2.83 bits per heavy atom. The van der Waals surface area contributed by atoms with Gasteiger partial charge in [-0.1, -0.05) is 12.1 Å². The maximum atomic E-state index is 11.9. The summed E-state index contributed by atoms with van der Waals surface area (Å²) < 4.78 is 5.57. The Hall–Kier alpha value is -1.59. The summed E-state index contributed by atoms with van der Waals surface area (Å²) in [6, 6.07) is 6.53. The molecule has 0 bridgehead atoms. The van der Waals surface area contributed by atoms with Crippen LogP contribution in [0.1, 0.15) is 25.0 Å². The van der Waals surface area contributed by atoms with Crippen molar-refractivity contribution >= 4 is 5.91 Å². The molecule has 1 atom stereocenters. The molecule has 1 saturated heterocycles. The highest BCUT2D eigenvalue weighted by Gasteiger charge is 2.25. The molecule has 5 nitrogen and oxygen atoms in total. The van der Waals surface area contributed by atoms with Crippen molar-refractivity contribution in [2.24, 2.45) is 0 Å². The van der Waals surface area contributed by atoms with Crippen molar-refractivity contribution in [1.82, 2.24) is 15.1 Å². The first kappa shape index (κ1) is 16.3. The van der Waals surface area contributed by atoms with Crippen LogP contribution in [-0.2, 0) is 17.8 Å². The number of fused-ring (bicyclic) bond motifs is 1. The molecule has 0 unspecified atom stereocenters. The van der Waals surface area contributed by atoms with E-state index in [1.807, 2.05) is 13.8 Å². The summed E-state index contributed by atoms with van der Waals surface area (Å²) in [5.41, 5.74) is 2.70. The van der Waals surface area contributed by atoms with Gasteiger partial charge in [0.1, 0.15) is 5.75 Å². The normalized spacial score (nSPS) is 19.9. The van der Waals surface area contributed by atoms with E-state index in [1.54, 1.807) is 0 Å². The number of rotatable bonds is 5. The van der Waals surface area contributed by atoms with Gasteiger partial charge in [-0.15, -0.1) is 0 Å². The Kier molecular flexibility index (Phi) is 5.18. The van der Waals surface area contributed by atoms with Crippen LogP contribution in [0.2, 0.25) is 0 Å². The standard InChI is InChI=1S/C18H27N3O2/c1-3-19-18(22)14(2)21-9-7-20(8-10-21)13-15-4-5-17-16(12-15)6-11-23-17/h4-5,12,14H,3,6-11,13H2,1-2H3,(H,19,22)/t14-/m0/s1. The summed E-state index contributed by atoms with van der Waals surface area (Å²) in [6.07, 6.45) is 1.03. The Morgan fingerprint density at radius 1 is 1.30 bits per heavy atom. The number of benzene rings is 1. The number of nitrogens with zero attached hydrogens (tertiary/aromatic N) is 2. The van der Waals surface area contributed by atoms with Gasteiger partial charge in [-0.25, -0.2) is 0 Å². The predicted molar refractivity (Wildman–Crippen MR) is 90.6 cm³/mol. The van der Waals surface area contributed by atoms with E-state index < -0.39 is 0 Å². The lowest BCUT2D eigenvalue weighted by Crippen LogP contribution is -2.53. The second-order valence-corrected chi connectivity index (χ2v) is 6.42. The van der Waals surface area contributed by atoms with E-state index in [0.717, 1.165) is 51.5 Å². The second-order valence-electron chi connectivity index (χ2n) is 6.42. The van der Waals surface area contributed by atoms with Crippen molar-refractivity contribution in [3.05, 3.63) is 29.3 Å². The van der Waals surface area contributed by atoms with E-state index in [9.17, 15) is 4.79 Å². The van der Waals surface area contributed by atoms with Crippen LogP contribution in [0.4, 0.5) is 0 Å². The van der Waals surface area contributed by atoms with Gasteiger partial charge in [0.2, 0.25) is 5.91 Å². The van der Waals surface area contributed by atoms with E-state index in [4.69, 9.17) is 4.74 Å². The molecule has 2 aliphatic rings. The molecule has 0 spiro atoms. The minimum atomic E-state index is -0.0331. The first-order valence-electron chi connectivity index (χ1n) is 8.66. The first-order chi connectivity index (χ1) is 11.2. The minimum Gasteiger partial charge on any atom is -0.493 e. The molecule has 1 aromatic carbocycles. The summed E-state index contributed by atoms with van der Waals surface area (Å²) >= 11 is 0. The number of amides is 1. The van der Waals surface area contributed by atoms with Gasteiger partial charge in [-0.3, -0.25) is 14.6 Å². The number of likely N-dealkylation sites (N-methyl/N-ethyl adjacent to an activating group) is 1. The van der Waals surface area contributed by atoms with Gasteiger partial charge in [0.25, 0.3) is 0 Å². The SMILES string of the molecule is CCNC(=O)[C@H](C)N1CCN(Cc2ccc3c(c2)CCO3)CC1. The lowest BCUT2D eigenvalue weighted by atomic mass is 10.1. The third-order valence-electron chi connectivity index (χ3n) is 4.85. The highest BCUT2D eigenvalue weighted by Crippen LogP contribution is 2.26. The lowest BCUT2D eigenvalue weighted by Gasteiger charge is -2.37. The van der Waals surface area contributed by atoms with Gasteiger partial charge >= 0.3 is 0 Å². The van der Waals surface area contributed by atoms with E-state index in [2.05, 4.69) is 33.3 Å². The highest BCUT2D eigenvalue weighted by atomic mass is 16.5. The number of nitrogens with one attached hydrogen (secondary N) is 1. The van der Waals surface area contributed by atoms with Crippen molar-refractivity contribution in [2.45, 2.75) is 32.9 Å². The summed E-state index contributed by atoms with van der Waals surface area (Å²) in [4.78, 5) is 16.7. The Morgan fingerprint density at radius 2 is 2.09 bits per heavy atom. The average Bonchev–Trinajstić information content (AvgIpc) is 3.03. The number of carbonyl (C=O) groups excluding carboxylic acids is 1. The highest BCUT2D eigenvalue weighted by molar-refractivity contribution is 5.81. The molecular weight excluding hydrogens is 290 g/mol. The van der Waals surface area contributed by atoms with Gasteiger partial charge in [0.15, 0.2) is 0 Å². The van der Waals surface area contributed by atoms with Gasteiger partial charge in [0.05, 0.1) is 12.6 Å². The van der Waals surface area contributed by atoms with Gasteiger partial charge in [-0.05, 0) is 31.0 Å². The number of ether oxygens (including phenoxy) is 1. The molecule has 126 valence electrons. The van der Waals surface area contributed by atoms with Crippen LogP contribution < -0.4 is 10.1 Å². The second kappa shape index (κ2) is 7.32. The van der Waals surface area contributed by atoms with Crippen LogP contribution in [0.25, 0.3) is 0 Å². The van der Waals surface area contributed by atoms with E-state index >= 15 is 0 Å². The third kappa shape index (κ3) is 3.85. The molecule has 1 fully saturated rings. The minimum absolute atomic E-state index is 0.0331. The summed E-state index contributed by atoms with van der Waals surface area (Å²) in [5.74, 6) is 1.19. The smallest absolute Gasteiger partial charge is 0.237 e. The zero-order valence-electron chi connectivity index (χ0n) is 14.2. The zero-order valence-corrected chi connectivity index (χ0v) is 14.2. The predicted octanol–water partition coefficient (Wildman–Crippen LogP) is 1.26. The average molecular weight is 317 g/mol. The van der Waals surface area contributed by atoms with E-state index in [0.29, 0.717) is 6.54 Å². The summed E-state index contributed by atoms with van der Waals surface area (Å²) in [7, 11) is 0. The molecule has 2 heterocycles. The lowest BCUT2D eigenvalue weighted by molar-refractivity contribution is -0.126. The van der Waals surface area contributed by atoms with Crippen LogP contribution >= 0.6 is 0 Å². The Balaban J connectivity index is 1.50. The molecule has 23 heavy (non-hydrogen) atoms. The van der Waals surface area contributed by atoms with Gasteiger partial charge in [-0.2, -0.15) is 0 Å². The maximum absolute atomic E-state index is 11.9. The van der Waals surface area contributed by atoms with Crippen LogP contribution in [0.3, 0.4) is 0 Å². The van der Waals surface area contributed by atoms with Gasteiger partial charge in [0, 0.05) is 45.7 Å². The van der Waals surface area contributed by atoms with Crippen molar-refractivity contribution in [1.29, 1.82) is 0 Å². The van der Waals surface area contributed by atoms with Crippen molar-refractivity contribution in [3.8, 4) is 5.75 Å². The van der Waals surface area contributed by atoms with E-state index in [-0.39, 0.29) is 11.9 Å². The van der Waals surface area contributed by atoms with Gasteiger partial charge < -0.3 is 10.1 Å². The summed E-state index contributed by atoms with van der Waals surface area (Å²) in [6.45, 7) is 10.4. The largest absolute Gasteiger partial charge is 0.493 e. The van der Waals surface area contributed by atoms with Crippen molar-refractivity contribution < 1.29 is 9.53 Å². The molecule has 0 aliphatic carbocycles. The quantitative estimate of drug-likeness (QED) is 0.888. The molecule has 1 aromatic rings. The molecule has 5 heteroatoms. The number of hydrogen-bond acceptors (Lipinski definition) is 4.